The van der Waals surface area contributed by atoms with Crippen LogP contribution >= 0.6 is 0 Å². The number of amides is 1. The van der Waals surface area contributed by atoms with E-state index < -0.39 is 23.7 Å². The van der Waals surface area contributed by atoms with Crippen molar-refractivity contribution in [2.24, 2.45) is 0 Å². The molecule has 0 saturated carbocycles. The molecular formula is C16H18F3N3O. The lowest BCUT2D eigenvalue weighted by Gasteiger charge is -2.37. The van der Waals surface area contributed by atoms with Gasteiger partial charge in [-0.25, -0.2) is 5.01 Å². The van der Waals surface area contributed by atoms with E-state index >= 15 is 0 Å². The van der Waals surface area contributed by atoms with Crippen molar-refractivity contribution in [3.63, 3.8) is 0 Å². The molecule has 1 fully saturated rings. The normalized spacial score (nSPS) is 19.2. The third-order valence-electron chi connectivity index (χ3n) is 3.94. The van der Waals surface area contributed by atoms with E-state index in [-0.39, 0.29) is 19.3 Å². The maximum atomic E-state index is 13.4. The van der Waals surface area contributed by atoms with Crippen LogP contribution in [0.1, 0.15) is 37.8 Å². The second-order valence-corrected chi connectivity index (χ2v) is 6.30. The van der Waals surface area contributed by atoms with Gasteiger partial charge in [-0.2, -0.15) is 18.4 Å². The average molecular weight is 325 g/mol. The molecule has 1 N–H and O–H groups in total. The Morgan fingerprint density at radius 3 is 2.65 bits per heavy atom. The van der Waals surface area contributed by atoms with Crippen LogP contribution in [-0.2, 0) is 11.2 Å². The monoisotopic (exact) mass is 325 g/mol. The molecule has 1 aromatic rings. The fraction of sp³-hybridized carbons (Fsp3) is 0.500. The summed E-state index contributed by atoms with van der Waals surface area (Å²) in [6.45, 7) is 3.22. The van der Waals surface area contributed by atoms with E-state index in [2.05, 4.69) is 5.43 Å². The molecule has 0 bridgehead atoms. The number of carbonyl (C=O) groups is 1. The van der Waals surface area contributed by atoms with Crippen LogP contribution in [0, 0.1) is 11.3 Å². The molecule has 4 nitrogen and oxygen atoms in total. The van der Waals surface area contributed by atoms with Crippen LogP contribution in [0.25, 0.3) is 0 Å². The number of nitrogens with zero attached hydrogens (tertiary/aromatic N) is 2. The Morgan fingerprint density at radius 2 is 2.13 bits per heavy atom. The average Bonchev–Trinajstić information content (AvgIpc) is 2.71. The van der Waals surface area contributed by atoms with E-state index in [4.69, 9.17) is 5.26 Å². The molecule has 1 saturated heterocycles. The molecule has 23 heavy (non-hydrogen) atoms. The Hall–Kier alpha value is -2.07. The number of nitrogens with one attached hydrogen (secondary N) is 1. The molecule has 0 unspecified atom stereocenters. The Labute approximate surface area is 132 Å². The smallest absolute Gasteiger partial charge is 0.288 e. The van der Waals surface area contributed by atoms with Crippen molar-refractivity contribution in [2.45, 2.75) is 50.9 Å². The van der Waals surface area contributed by atoms with Gasteiger partial charge in [-0.3, -0.25) is 10.2 Å². The molecule has 7 heteroatoms. The molecule has 0 spiro atoms. The maximum absolute atomic E-state index is 13.4. The van der Waals surface area contributed by atoms with Crippen LogP contribution < -0.4 is 5.43 Å². The van der Waals surface area contributed by atoms with Crippen molar-refractivity contribution in [1.29, 1.82) is 5.26 Å². The van der Waals surface area contributed by atoms with Crippen molar-refractivity contribution in [3.05, 3.63) is 35.4 Å². The van der Waals surface area contributed by atoms with E-state index in [1.54, 1.807) is 38.1 Å². The number of benzene rings is 1. The molecule has 1 aliphatic rings. The minimum absolute atomic E-state index is 0.0312. The molecule has 1 heterocycles. The Bertz CT molecular complexity index is 634. The number of carbonyl (C=O) groups excluding carboxylic acids is 1. The first-order valence-corrected chi connectivity index (χ1v) is 7.28. The SMILES string of the molecule is CC1(C)CC(=O)NN1[C@@H](CCc1cccc(C#N)c1)C(F)(F)F. The number of alkyl halides is 3. The summed E-state index contributed by atoms with van der Waals surface area (Å²) in [5.41, 5.74) is 2.52. The highest BCUT2D eigenvalue weighted by Crippen LogP contribution is 2.35. The largest absolute Gasteiger partial charge is 0.405 e. The van der Waals surface area contributed by atoms with Crippen molar-refractivity contribution in [1.82, 2.24) is 10.4 Å². The van der Waals surface area contributed by atoms with E-state index in [0.29, 0.717) is 11.1 Å². The van der Waals surface area contributed by atoms with Crippen LogP contribution in [0.5, 0.6) is 0 Å². The lowest BCUT2D eigenvalue weighted by molar-refractivity contribution is -0.202. The summed E-state index contributed by atoms with van der Waals surface area (Å²) < 4.78 is 40.3. The fourth-order valence-electron chi connectivity index (χ4n) is 2.84. The molecule has 1 atom stereocenters. The highest BCUT2D eigenvalue weighted by atomic mass is 19.4. The summed E-state index contributed by atoms with van der Waals surface area (Å²) in [4.78, 5) is 11.5. The number of aryl methyl sites for hydroxylation is 1. The number of halogens is 3. The van der Waals surface area contributed by atoms with Gasteiger partial charge in [-0.1, -0.05) is 12.1 Å². The molecule has 1 aromatic carbocycles. The van der Waals surface area contributed by atoms with Gasteiger partial charge in [0.05, 0.1) is 11.6 Å². The zero-order valence-electron chi connectivity index (χ0n) is 12.9. The van der Waals surface area contributed by atoms with Gasteiger partial charge in [-0.15, -0.1) is 0 Å². The molecular weight excluding hydrogens is 307 g/mol. The number of hydrogen-bond donors (Lipinski definition) is 1. The van der Waals surface area contributed by atoms with Gasteiger partial charge in [0.15, 0.2) is 0 Å². The Morgan fingerprint density at radius 1 is 1.43 bits per heavy atom. The molecule has 0 radical (unpaired) electrons. The van der Waals surface area contributed by atoms with Gasteiger partial charge in [-0.05, 0) is 44.4 Å². The van der Waals surface area contributed by atoms with E-state index in [1.807, 2.05) is 6.07 Å². The second-order valence-electron chi connectivity index (χ2n) is 6.30. The van der Waals surface area contributed by atoms with Gasteiger partial charge >= 0.3 is 6.18 Å². The summed E-state index contributed by atoms with van der Waals surface area (Å²) in [6, 6.07) is 6.74. The van der Waals surface area contributed by atoms with Gasteiger partial charge in [0.1, 0.15) is 6.04 Å². The van der Waals surface area contributed by atoms with Crippen molar-refractivity contribution in [2.75, 3.05) is 0 Å². The summed E-state index contributed by atoms with van der Waals surface area (Å²) >= 11 is 0. The van der Waals surface area contributed by atoms with Crippen LogP contribution in [0.4, 0.5) is 13.2 Å². The minimum atomic E-state index is -4.46. The predicted molar refractivity (Wildman–Crippen MR) is 78.0 cm³/mol. The summed E-state index contributed by atoms with van der Waals surface area (Å²) in [5.74, 6) is -0.407. The molecule has 1 aliphatic heterocycles. The third kappa shape index (κ3) is 4.02. The van der Waals surface area contributed by atoms with Crippen LogP contribution in [0.2, 0.25) is 0 Å². The zero-order chi connectivity index (χ0) is 17.3. The first-order valence-electron chi connectivity index (χ1n) is 7.28. The first-order chi connectivity index (χ1) is 10.6. The Balaban J connectivity index is 2.17. The van der Waals surface area contributed by atoms with Gasteiger partial charge < -0.3 is 0 Å². The van der Waals surface area contributed by atoms with Crippen LogP contribution in [0.15, 0.2) is 24.3 Å². The summed E-state index contributed by atoms with van der Waals surface area (Å²) in [7, 11) is 0. The lowest BCUT2D eigenvalue weighted by Crippen LogP contribution is -2.56. The van der Waals surface area contributed by atoms with Gasteiger partial charge in [0.25, 0.3) is 0 Å². The fourth-order valence-corrected chi connectivity index (χ4v) is 2.84. The summed E-state index contributed by atoms with van der Waals surface area (Å²) in [6.07, 6.45) is -4.45. The molecule has 2 rings (SSSR count). The minimum Gasteiger partial charge on any atom is -0.288 e. The number of hydrazine groups is 1. The third-order valence-corrected chi connectivity index (χ3v) is 3.94. The second kappa shape index (κ2) is 6.20. The molecule has 0 aliphatic carbocycles. The topological polar surface area (TPSA) is 56.1 Å². The highest BCUT2D eigenvalue weighted by Gasteiger charge is 2.51. The zero-order valence-corrected chi connectivity index (χ0v) is 12.9. The number of rotatable bonds is 4. The first kappa shape index (κ1) is 17.3. The van der Waals surface area contributed by atoms with E-state index in [1.165, 1.54) is 0 Å². The number of hydrogen-bond acceptors (Lipinski definition) is 3. The van der Waals surface area contributed by atoms with Crippen molar-refractivity contribution < 1.29 is 18.0 Å². The summed E-state index contributed by atoms with van der Waals surface area (Å²) in [5, 5.41) is 9.87. The highest BCUT2D eigenvalue weighted by molar-refractivity contribution is 5.78. The van der Waals surface area contributed by atoms with E-state index in [0.717, 1.165) is 5.01 Å². The van der Waals surface area contributed by atoms with Gasteiger partial charge in [0, 0.05) is 12.0 Å². The van der Waals surface area contributed by atoms with Crippen molar-refractivity contribution >= 4 is 5.91 Å². The van der Waals surface area contributed by atoms with Crippen LogP contribution in [-0.4, -0.2) is 28.7 Å². The van der Waals surface area contributed by atoms with Gasteiger partial charge in [0.2, 0.25) is 5.91 Å². The quantitative estimate of drug-likeness (QED) is 0.926. The lowest BCUT2D eigenvalue weighted by atomic mass is 9.97. The molecule has 1 amide bonds. The molecule has 124 valence electrons. The Kier molecular flexibility index (Phi) is 4.66. The number of nitriles is 1. The molecule has 0 aromatic heterocycles. The van der Waals surface area contributed by atoms with Crippen molar-refractivity contribution in [3.8, 4) is 6.07 Å². The predicted octanol–water partition coefficient (Wildman–Crippen LogP) is 2.94. The maximum Gasteiger partial charge on any atom is 0.405 e. The van der Waals surface area contributed by atoms with E-state index in [9.17, 15) is 18.0 Å². The standard InChI is InChI=1S/C16H18F3N3O/c1-15(2)9-14(23)21-22(15)13(16(17,18)19)7-6-11-4-3-5-12(8-11)10-20/h3-5,8,13H,6-7,9H2,1-2H3,(H,21,23)/t13-/m0/s1. The van der Waals surface area contributed by atoms with Crippen LogP contribution in [0.3, 0.4) is 0 Å².